The molecule has 2 atom stereocenters. The predicted molar refractivity (Wildman–Crippen MR) is 95.3 cm³/mol. The molecule has 0 unspecified atom stereocenters. The van der Waals surface area contributed by atoms with Crippen LogP contribution in [0.3, 0.4) is 0 Å². The Labute approximate surface area is 152 Å². The summed E-state index contributed by atoms with van der Waals surface area (Å²) in [6.07, 6.45) is 0. The highest BCUT2D eigenvalue weighted by atomic mass is 35.5. The van der Waals surface area contributed by atoms with Gasteiger partial charge < -0.3 is 16.0 Å². The Morgan fingerprint density at radius 1 is 1.24 bits per heavy atom. The van der Waals surface area contributed by atoms with E-state index >= 15 is 0 Å². The number of nitrogens with two attached hydrogens (primary N) is 1. The SMILES string of the molecule is CC1(C)NC(=O)N(CC(=O)N2C[C@@H](N)[C@H](c3ccccc3)C2)C1=O.Cl. The van der Waals surface area contributed by atoms with E-state index in [1.807, 2.05) is 30.3 Å². The largest absolute Gasteiger partial charge is 0.339 e. The van der Waals surface area contributed by atoms with Crippen molar-refractivity contribution in [2.24, 2.45) is 5.73 Å². The van der Waals surface area contributed by atoms with E-state index in [-0.39, 0.29) is 42.7 Å². The summed E-state index contributed by atoms with van der Waals surface area (Å²) >= 11 is 0. The molecule has 0 aliphatic carbocycles. The molecule has 0 aromatic heterocycles. The lowest BCUT2D eigenvalue weighted by molar-refractivity contribution is -0.137. The fraction of sp³-hybridized carbons (Fsp3) is 0.471. The third-order valence-electron chi connectivity index (χ3n) is 4.68. The number of benzene rings is 1. The van der Waals surface area contributed by atoms with Gasteiger partial charge in [-0.1, -0.05) is 30.3 Å². The van der Waals surface area contributed by atoms with Crippen LogP contribution in [0.1, 0.15) is 25.3 Å². The molecule has 2 fully saturated rings. The number of nitrogens with one attached hydrogen (secondary N) is 1. The van der Waals surface area contributed by atoms with E-state index in [9.17, 15) is 14.4 Å². The molecule has 0 saturated carbocycles. The topological polar surface area (TPSA) is 95.7 Å². The molecular formula is C17H23ClN4O3. The highest BCUT2D eigenvalue weighted by Gasteiger charge is 2.46. The van der Waals surface area contributed by atoms with E-state index in [0.717, 1.165) is 10.5 Å². The van der Waals surface area contributed by atoms with Crippen LogP contribution in [0.2, 0.25) is 0 Å². The number of urea groups is 1. The van der Waals surface area contributed by atoms with Crippen LogP contribution in [0, 0.1) is 0 Å². The Balaban J connectivity index is 0.00000225. The summed E-state index contributed by atoms with van der Waals surface area (Å²) in [7, 11) is 0. The van der Waals surface area contributed by atoms with Gasteiger partial charge in [-0.25, -0.2) is 4.79 Å². The van der Waals surface area contributed by atoms with Crippen LogP contribution in [0.15, 0.2) is 30.3 Å². The molecule has 0 spiro atoms. The lowest BCUT2D eigenvalue weighted by Gasteiger charge is -2.20. The van der Waals surface area contributed by atoms with Gasteiger partial charge in [0.2, 0.25) is 5.91 Å². The van der Waals surface area contributed by atoms with Crippen molar-refractivity contribution in [1.29, 1.82) is 0 Å². The Morgan fingerprint density at radius 3 is 2.44 bits per heavy atom. The standard InChI is InChI=1S/C17H22N4O3.ClH/c1-17(2)15(23)21(16(24)19-17)10-14(22)20-8-12(13(18)9-20)11-6-4-3-5-7-11;/h3-7,12-13H,8-10,18H2,1-2H3,(H,19,24);1H/t12-,13+;/m0./s1. The summed E-state index contributed by atoms with van der Waals surface area (Å²) in [6.45, 7) is 3.91. The van der Waals surface area contributed by atoms with E-state index in [1.165, 1.54) is 0 Å². The number of likely N-dealkylation sites (tertiary alicyclic amines) is 1. The van der Waals surface area contributed by atoms with Crippen molar-refractivity contribution in [3.63, 3.8) is 0 Å². The first-order valence-corrected chi connectivity index (χ1v) is 8.02. The van der Waals surface area contributed by atoms with Gasteiger partial charge in [0.05, 0.1) is 0 Å². The molecule has 4 amide bonds. The van der Waals surface area contributed by atoms with E-state index in [4.69, 9.17) is 5.73 Å². The summed E-state index contributed by atoms with van der Waals surface area (Å²) in [5.41, 5.74) is 6.32. The van der Waals surface area contributed by atoms with Gasteiger partial charge in [-0.15, -0.1) is 12.4 Å². The molecule has 7 nitrogen and oxygen atoms in total. The maximum Gasteiger partial charge on any atom is 0.325 e. The third-order valence-corrected chi connectivity index (χ3v) is 4.68. The van der Waals surface area contributed by atoms with Crippen LogP contribution in [0.25, 0.3) is 0 Å². The van der Waals surface area contributed by atoms with Gasteiger partial charge in [0.15, 0.2) is 0 Å². The molecular weight excluding hydrogens is 344 g/mol. The number of rotatable bonds is 3. The van der Waals surface area contributed by atoms with Crippen molar-refractivity contribution in [2.75, 3.05) is 19.6 Å². The summed E-state index contributed by atoms with van der Waals surface area (Å²) < 4.78 is 0. The second-order valence-corrected chi connectivity index (χ2v) is 6.93. The zero-order valence-corrected chi connectivity index (χ0v) is 15.1. The zero-order chi connectivity index (χ0) is 17.5. The molecule has 3 rings (SSSR count). The minimum atomic E-state index is -0.967. The van der Waals surface area contributed by atoms with Gasteiger partial charge in [0.25, 0.3) is 5.91 Å². The Bertz CT molecular complexity index is 680. The third kappa shape index (κ3) is 3.62. The average Bonchev–Trinajstić information content (AvgIpc) is 3.01. The highest BCUT2D eigenvalue weighted by Crippen LogP contribution is 2.26. The Kier molecular flexibility index (Phi) is 5.39. The van der Waals surface area contributed by atoms with Crippen molar-refractivity contribution in [3.8, 4) is 0 Å². The van der Waals surface area contributed by atoms with Crippen LogP contribution < -0.4 is 11.1 Å². The molecule has 8 heteroatoms. The van der Waals surface area contributed by atoms with Crippen molar-refractivity contribution in [2.45, 2.75) is 31.3 Å². The molecule has 1 aromatic rings. The van der Waals surface area contributed by atoms with Crippen molar-refractivity contribution in [1.82, 2.24) is 15.1 Å². The number of carbonyl (C=O) groups is 3. The van der Waals surface area contributed by atoms with E-state index in [1.54, 1.807) is 18.7 Å². The first-order valence-electron chi connectivity index (χ1n) is 8.02. The van der Waals surface area contributed by atoms with E-state index < -0.39 is 11.6 Å². The number of amides is 4. The van der Waals surface area contributed by atoms with Gasteiger partial charge >= 0.3 is 6.03 Å². The average molecular weight is 367 g/mol. The second-order valence-electron chi connectivity index (χ2n) is 6.93. The minimum Gasteiger partial charge on any atom is -0.339 e. The van der Waals surface area contributed by atoms with Gasteiger partial charge in [-0.05, 0) is 19.4 Å². The molecule has 2 heterocycles. The quantitative estimate of drug-likeness (QED) is 0.769. The highest BCUT2D eigenvalue weighted by molar-refractivity contribution is 6.08. The Morgan fingerprint density at radius 2 is 1.88 bits per heavy atom. The minimum absolute atomic E-state index is 0. The molecule has 1 aromatic carbocycles. The predicted octanol–water partition coefficient (Wildman–Crippen LogP) is 0.692. The van der Waals surface area contributed by atoms with Crippen LogP contribution in [0.5, 0.6) is 0 Å². The van der Waals surface area contributed by atoms with Gasteiger partial charge in [-0.2, -0.15) is 0 Å². The number of hydrogen-bond donors (Lipinski definition) is 2. The summed E-state index contributed by atoms with van der Waals surface area (Å²) in [5.74, 6) is -0.580. The van der Waals surface area contributed by atoms with Gasteiger partial charge in [-0.3, -0.25) is 14.5 Å². The number of nitrogens with zero attached hydrogens (tertiary/aromatic N) is 2. The summed E-state index contributed by atoms with van der Waals surface area (Å²) in [4.78, 5) is 39.2. The van der Waals surface area contributed by atoms with Crippen LogP contribution in [-0.4, -0.2) is 58.9 Å². The molecule has 2 saturated heterocycles. The van der Waals surface area contributed by atoms with Crippen molar-refractivity contribution < 1.29 is 14.4 Å². The molecule has 25 heavy (non-hydrogen) atoms. The Hall–Kier alpha value is -2.12. The summed E-state index contributed by atoms with van der Waals surface area (Å²) in [5, 5.41) is 2.57. The van der Waals surface area contributed by atoms with Crippen LogP contribution in [0.4, 0.5) is 4.79 Å². The number of hydrogen-bond acceptors (Lipinski definition) is 4. The van der Waals surface area contributed by atoms with Crippen molar-refractivity contribution in [3.05, 3.63) is 35.9 Å². The zero-order valence-electron chi connectivity index (χ0n) is 14.3. The van der Waals surface area contributed by atoms with Crippen LogP contribution >= 0.6 is 12.4 Å². The first kappa shape index (κ1) is 19.2. The first-order chi connectivity index (χ1) is 11.3. The second kappa shape index (κ2) is 7.01. The molecule has 2 aliphatic rings. The van der Waals surface area contributed by atoms with E-state index in [2.05, 4.69) is 5.32 Å². The normalized spacial score (nSPS) is 24.9. The van der Waals surface area contributed by atoms with Crippen LogP contribution in [-0.2, 0) is 9.59 Å². The fourth-order valence-corrected chi connectivity index (χ4v) is 3.28. The van der Waals surface area contributed by atoms with Gasteiger partial charge in [0, 0.05) is 25.0 Å². The molecule has 2 aliphatic heterocycles. The number of halogens is 1. The monoisotopic (exact) mass is 366 g/mol. The molecule has 0 bridgehead atoms. The lowest BCUT2D eigenvalue weighted by atomic mass is 9.95. The summed E-state index contributed by atoms with van der Waals surface area (Å²) in [6, 6.07) is 9.14. The number of carbonyl (C=O) groups excluding carboxylic acids is 3. The lowest BCUT2D eigenvalue weighted by Crippen LogP contribution is -2.44. The maximum atomic E-state index is 12.5. The number of imide groups is 1. The smallest absolute Gasteiger partial charge is 0.325 e. The van der Waals surface area contributed by atoms with Gasteiger partial charge in [0.1, 0.15) is 12.1 Å². The molecule has 0 radical (unpaired) electrons. The maximum absolute atomic E-state index is 12.5. The molecule has 136 valence electrons. The fourth-order valence-electron chi connectivity index (χ4n) is 3.28. The van der Waals surface area contributed by atoms with Crippen molar-refractivity contribution >= 4 is 30.3 Å². The molecule has 3 N–H and O–H groups in total. The van der Waals surface area contributed by atoms with E-state index in [0.29, 0.717) is 13.1 Å².